The van der Waals surface area contributed by atoms with Crippen LogP contribution in [0.3, 0.4) is 0 Å². The Morgan fingerprint density at radius 3 is 2.63 bits per heavy atom. The highest BCUT2D eigenvalue weighted by Gasteiger charge is 2.13. The van der Waals surface area contributed by atoms with Crippen LogP contribution in [-0.4, -0.2) is 29.9 Å². The molecule has 2 N–H and O–H groups in total. The van der Waals surface area contributed by atoms with Crippen LogP contribution in [0.15, 0.2) is 47.7 Å². The van der Waals surface area contributed by atoms with E-state index in [1.165, 1.54) is 12.8 Å². The van der Waals surface area contributed by atoms with Crippen LogP contribution in [0.5, 0.6) is 0 Å². The molecule has 1 heterocycles. The van der Waals surface area contributed by atoms with Crippen molar-refractivity contribution in [1.82, 2.24) is 21.0 Å². The largest absolute Gasteiger partial charge is 0.367 e. The average molecular weight is 264 g/mol. The zero-order valence-corrected chi connectivity index (χ0v) is 11.7. The van der Waals surface area contributed by atoms with Gasteiger partial charge >= 0.3 is 0 Å². The summed E-state index contributed by atoms with van der Waals surface area (Å²) < 4.78 is 0. The Labute approximate surface area is 115 Å². The molecule has 0 unspecified atom stereocenters. The molecule has 0 spiro atoms. The monoisotopic (exact) mass is 264 g/mol. The van der Waals surface area contributed by atoms with E-state index in [0.717, 1.165) is 18.8 Å². The molecule has 0 bridgehead atoms. The summed E-state index contributed by atoms with van der Waals surface area (Å²) in [5.74, 6) is 0.754. The fourth-order valence-electron chi connectivity index (χ4n) is 1.61. The van der Waals surface area contributed by atoms with Crippen molar-refractivity contribution >= 4 is 0 Å². The van der Waals surface area contributed by atoms with Crippen molar-refractivity contribution in [1.29, 1.82) is 0 Å². The van der Waals surface area contributed by atoms with E-state index in [4.69, 9.17) is 0 Å². The van der Waals surface area contributed by atoms with E-state index in [-0.39, 0.29) is 0 Å². The van der Waals surface area contributed by atoms with Crippen molar-refractivity contribution in [2.75, 3.05) is 19.6 Å². The summed E-state index contributed by atoms with van der Waals surface area (Å²) in [7, 11) is 0. The topological polar surface area (TPSA) is 55.3 Å². The summed E-state index contributed by atoms with van der Waals surface area (Å²) in [6.45, 7) is 11.9. The minimum absolute atomic E-state index is 0.672. The van der Waals surface area contributed by atoms with Crippen molar-refractivity contribution in [3.8, 4) is 0 Å². The van der Waals surface area contributed by atoms with Gasteiger partial charge < -0.3 is 5.32 Å². The lowest BCUT2D eigenvalue weighted by atomic mass is 10.2. The van der Waals surface area contributed by atoms with Crippen LogP contribution in [0, 0.1) is 0 Å². The number of hydrazine groups is 2. The van der Waals surface area contributed by atoms with Gasteiger partial charge in [0.05, 0.1) is 6.20 Å². The van der Waals surface area contributed by atoms with Crippen LogP contribution in [-0.2, 0) is 0 Å². The van der Waals surface area contributed by atoms with Gasteiger partial charge in [-0.3, -0.25) is 5.43 Å². The zero-order chi connectivity index (χ0) is 13.9. The Balaban J connectivity index is 2.37. The third kappa shape index (κ3) is 5.56. The fourth-order valence-corrected chi connectivity index (χ4v) is 1.61. The maximum Gasteiger partial charge on any atom is 0.168 e. The molecule has 19 heavy (non-hydrogen) atoms. The first kappa shape index (κ1) is 15.2. The second-order valence-corrected chi connectivity index (χ2v) is 4.22. The van der Waals surface area contributed by atoms with E-state index in [1.807, 2.05) is 17.2 Å². The van der Waals surface area contributed by atoms with Crippen LogP contribution >= 0.6 is 0 Å². The Kier molecular flexibility index (Phi) is 7.34. The third-order valence-corrected chi connectivity index (χ3v) is 2.59. The van der Waals surface area contributed by atoms with E-state index in [1.54, 1.807) is 11.4 Å². The number of unbranched alkanes of at least 4 members (excludes halogenated alkanes) is 2. The van der Waals surface area contributed by atoms with Crippen LogP contribution < -0.4 is 10.7 Å². The molecular weight excluding hydrogens is 240 g/mol. The highest BCUT2D eigenvalue weighted by molar-refractivity contribution is 4.96. The van der Waals surface area contributed by atoms with Crippen molar-refractivity contribution in [2.24, 2.45) is 10.3 Å². The van der Waals surface area contributed by atoms with Gasteiger partial charge in [-0.1, -0.05) is 31.9 Å². The zero-order valence-electron chi connectivity index (χ0n) is 11.7. The van der Waals surface area contributed by atoms with Crippen LogP contribution in [0.1, 0.15) is 26.2 Å². The maximum absolute atomic E-state index is 4.12. The van der Waals surface area contributed by atoms with Gasteiger partial charge in [-0.15, -0.1) is 23.5 Å². The highest BCUT2D eigenvalue weighted by Crippen LogP contribution is 2.05. The van der Waals surface area contributed by atoms with E-state index < -0.39 is 0 Å². The summed E-state index contributed by atoms with van der Waals surface area (Å²) in [6, 6.07) is 0. The van der Waals surface area contributed by atoms with Crippen LogP contribution in [0.25, 0.3) is 0 Å². The highest BCUT2D eigenvalue weighted by atomic mass is 16.0. The summed E-state index contributed by atoms with van der Waals surface area (Å²) in [6.07, 6.45) is 9.01. The first-order valence-corrected chi connectivity index (χ1v) is 6.70. The van der Waals surface area contributed by atoms with Gasteiger partial charge in [-0.25, -0.2) is 0 Å². The molecule has 0 saturated carbocycles. The van der Waals surface area contributed by atoms with Gasteiger partial charge in [0.25, 0.3) is 0 Å². The van der Waals surface area contributed by atoms with Gasteiger partial charge in [0.2, 0.25) is 0 Å². The number of hydrogen-bond acceptors (Lipinski definition) is 6. The van der Waals surface area contributed by atoms with Crippen LogP contribution in [0.2, 0.25) is 0 Å². The molecule has 0 radical (unpaired) electrons. The molecule has 1 aliphatic heterocycles. The molecule has 1 rings (SSSR count). The maximum atomic E-state index is 4.12. The van der Waals surface area contributed by atoms with Gasteiger partial charge in [0.15, 0.2) is 5.82 Å². The smallest absolute Gasteiger partial charge is 0.168 e. The lowest BCUT2D eigenvalue weighted by Gasteiger charge is -2.30. The molecule has 0 aliphatic carbocycles. The second kappa shape index (κ2) is 9.16. The SMILES string of the molecule is C=CCN(CC=C)N1N=NC(NCCCCC)=CN1. The molecule has 0 saturated heterocycles. The van der Waals surface area contributed by atoms with Gasteiger partial charge in [0.1, 0.15) is 0 Å². The predicted octanol–water partition coefficient (Wildman–Crippen LogP) is 2.34. The summed E-state index contributed by atoms with van der Waals surface area (Å²) in [5, 5.41) is 15.0. The Morgan fingerprint density at radius 1 is 1.37 bits per heavy atom. The van der Waals surface area contributed by atoms with Crippen molar-refractivity contribution in [3.63, 3.8) is 0 Å². The lowest BCUT2D eigenvalue weighted by molar-refractivity contribution is -0.0496. The fraction of sp³-hybridized carbons (Fsp3) is 0.538. The summed E-state index contributed by atoms with van der Waals surface area (Å²) >= 11 is 0. The number of nitrogens with one attached hydrogen (secondary N) is 2. The molecule has 6 heteroatoms. The molecule has 106 valence electrons. The van der Waals surface area contributed by atoms with Gasteiger partial charge in [0, 0.05) is 19.6 Å². The summed E-state index contributed by atoms with van der Waals surface area (Å²) in [4.78, 5) is 0. The normalized spacial score (nSPS) is 14.0. The molecule has 0 aromatic rings. The Bertz CT molecular complexity index is 326. The first-order chi connectivity index (χ1) is 9.31. The quantitative estimate of drug-likeness (QED) is 0.470. The third-order valence-electron chi connectivity index (χ3n) is 2.59. The molecule has 0 fully saturated rings. The molecule has 0 atom stereocenters. The number of nitrogens with zero attached hydrogens (tertiary/aromatic N) is 4. The summed E-state index contributed by atoms with van der Waals surface area (Å²) in [5.41, 5.74) is 3.06. The second-order valence-electron chi connectivity index (χ2n) is 4.22. The molecule has 0 aromatic carbocycles. The number of hydrogen-bond donors (Lipinski definition) is 2. The molecule has 6 nitrogen and oxygen atoms in total. The minimum Gasteiger partial charge on any atom is -0.367 e. The first-order valence-electron chi connectivity index (χ1n) is 6.70. The van der Waals surface area contributed by atoms with Gasteiger partial charge in [-0.05, 0) is 11.6 Å². The van der Waals surface area contributed by atoms with Gasteiger partial charge in [-0.2, -0.15) is 5.01 Å². The average Bonchev–Trinajstić information content (AvgIpc) is 2.44. The van der Waals surface area contributed by atoms with Crippen molar-refractivity contribution < 1.29 is 0 Å². The van der Waals surface area contributed by atoms with E-state index in [2.05, 4.69) is 41.2 Å². The van der Waals surface area contributed by atoms with E-state index >= 15 is 0 Å². The Morgan fingerprint density at radius 2 is 2.11 bits per heavy atom. The molecular formula is C13H24N6. The van der Waals surface area contributed by atoms with Crippen molar-refractivity contribution in [3.05, 3.63) is 37.3 Å². The van der Waals surface area contributed by atoms with E-state index in [0.29, 0.717) is 13.1 Å². The molecule has 0 amide bonds. The molecule has 1 aliphatic rings. The Hall–Kier alpha value is -1.82. The van der Waals surface area contributed by atoms with Crippen molar-refractivity contribution in [2.45, 2.75) is 26.2 Å². The predicted molar refractivity (Wildman–Crippen MR) is 77.4 cm³/mol. The number of rotatable bonds is 10. The molecule has 0 aromatic heterocycles. The lowest BCUT2D eigenvalue weighted by Crippen LogP contribution is -2.47. The minimum atomic E-state index is 0.672. The van der Waals surface area contributed by atoms with E-state index in [9.17, 15) is 0 Å². The standard InChI is InChI=1S/C13H24N6/c1-4-7-8-9-14-13-12-15-19(17-16-13)18(10-5-2)11-6-3/h5-6,12,14-15H,2-4,7-11H2,1H3. The van der Waals surface area contributed by atoms with Crippen LogP contribution in [0.4, 0.5) is 0 Å².